The molecule has 0 heterocycles. The van der Waals surface area contributed by atoms with E-state index in [9.17, 15) is 4.79 Å². The van der Waals surface area contributed by atoms with Crippen LogP contribution in [0.5, 0.6) is 0 Å². The molecule has 0 aliphatic carbocycles. The van der Waals surface area contributed by atoms with E-state index in [1.807, 2.05) is 0 Å². The molecule has 1 aromatic carbocycles. The molecule has 0 unspecified atom stereocenters. The summed E-state index contributed by atoms with van der Waals surface area (Å²) in [5.74, 6) is -0.0843. The molecule has 128 valence electrons. The first-order valence-electron chi connectivity index (χ1n) is 8.54. The van der Waals surface area contributed by atoms with Gasteiger partial charge in [-0.05, 0) is 30.2 Å². The number of benzene rings is 1. The van der Waals surface area contributed by atoms with Crippen molar-refractivity contribution < 1.29 is 4.79 Å². The third-order valence-electron chi connectivity index (χ3n) is 3.71. The zero-order valence-corrected chi connectivity index (χ0v) is 15.4. The molecule has 1 aromatic rings. The van der Waals surface area contributed by atoms with Gasteiger partial charge < -0.3 is 5.32 Å². The molecular formula is C19H27Cl2NO. The summed E-state index contributed by atoms with van der Waals surface area (Å²) in [4.78, 5) is 11.7. The fraction of sp³-hybridized carbons (Fsp3) is 0.526. The Labute approximate surface area is 150 Å². The van der Waals surface area contributed by atoms with Crippen LogP contribution in [-0.4, -0.2) is 12.5 Å². The maximum Gasteiger partial charge on any atom is 0.243 e. The van der Waals surface area contributed by atoms with Gasteiger partial charge in [0.25, 0.3) is 0 Å². The lowest BCUT2D eigenvalue weighted by Gasteiger charge is -2.03. The van der Waals surface area contributed by atoms with E-state index in [0.717, 1.165) is 18.5 Å². The fourth-order valence-corrected chi connectivity index (χ4v) is 2.80. The summed E-state index contributed by atoms with van der Waals surface area (Å²) in [5, 5.41) is 4.04. The Morgan fingerprint density at radius 2 is 1.70 bits per heavy atom. The normalized spacial score (nSPS) is 11.1. The highest BCUT2D eigenvalue weighted by Gasteiger charge is 1.99. The van der Waals surface area contributed by atoms with Crippen molar-refractivity contribution in [2.24, 2.45) is 0 Å². The Bertz CT molecular complexity index is 500. The van der Waals surface area contributed by atoms with Crippen LogP contribution in [0.1, 0.15) is 63.9 Å². The van der Waals surface area contributed by atoms with Gasteiger partial charge in [0.2, 0.25) is 5.91 Å². The number of unbranched alkanes of at least 4 members (excludes halogenated alkanes) is 7. The molecular weight excluding hydrogens is 329 g/mol. The maximum atomic E-state index is 11.7. The van der Waals surface area contributed by atoms with Gasteiger partial charge >= 0.3 is 0 Å². The van der Waals surface area contributed by atoms with Crippen molar-refractivity contribution in [3.63, 3.8) is 0 Å². The van der Waals surface area contributed by atoms with Gasteiger partial charge in [0, 0.05) is 22.7 Å². The van der Waals surface area contributed by atoms with Crippen molar-refractivity contribution in [1.29, 1.82) is 0 Å². The lowest BCUT2D eigenvalue weighted by Crippen LogP contribution is -2.21. The summed E-state index contributed by atoms with van der Waals surface area (Å²) >= 11 is 11.9. The predicted octanol–water partition coefficient (Wildman–Crippen LogP) is 6.26. The van der Waals surface area contributed by atoms with Crippen molar-refractivity contribution in [2.75, 3.05) is 6.54 Å². The minimum absolute atomic E-state index is 0.0843. The van der Waals surface area contributed by atoms with Gasteiger partial charge in [-0.25, -0.2) is 0 Å². The van der Waals surface area contributed by atoms with E-state index in [-0.39, 0.29) is 5.91 Å². The summed E-state index contributed by atoms with van der Waals surface area (Å²) in [6.07, 6.45) is 13.3. The fourth-order valence-electron chi connectivity index (χ4n) is 2.33. The second-order valence-electron chi connectivity index (χ2n) is 5.77. The number of rotatable bonds is 11. The molecule has 23 heavy (non-hydrogen) atoms. The van der Waals surface area contributed by atoms with E-state index in [4.69, 9.17) is 23.2 Å². The van der Waals surface area contributed by atoms with Crippen molar-refractivity contribution in [3.05, 3.63) is 39.9 Å². The summed E-state index contributed by atoms with van der Waals surface area (Å²) in [6, 6.07) is 5.22. The van der Waals surface area contributed by atoms with E-state index in [0.29, 0.717) is 10.0 Å². The van der Waals surface area contributed by atoms with Gasteiger partial charge in [0.15, 0.2) is 0 Å². The highest BCUT2D eigenvalue weighted by Crippen LogP contribution is 2.21. The molecule has 0 aliphatic rings. The van der Waals surface area contributed by atoms with E-state index in [2.05, 4.69) is 12.2 Å². The molecule has 0 radical (unpaired) electrons. The SMILES string of the molecule is CCCCCCCCCCNC(=O)C=Cc1ccc(Cl)cc1Cl. The Balaban J connectivity index is 2.11. The average Bonchev–Trinajstić information content (AvgIpc) is 2.52. The number of carbonyl (C=O) groups excluding carboxylic acids is 1. The zero-order valence-electron chi connectivity index (χ0n) is 13.9. The van der Waals surface area contributed by atoms with Crippen molar-refractivity contribution in [3.8, 4) is 0 Å². The highest BCUT2D eigenvalue weighted by molar-refractivity contribution is 6.35. The van der Waals surface area contributed by atoms with Crippen LogP contribution in [-0.2, 0) is 4.79 Å². The quantitative estimate of drug-likeness (QED) is 0.368. The van der Waals surface area contributed by atoms with Crippen LogP contribution in [0, 0.1) is 0 Å². The van der Waals surface area contributed by atoms with Crippen LogP contribution in [0.2, 0.25) is 10.0 Å². The first kappa shape index (κ1) is 20.1. The maximum absolute atomic E-state index is 11.7. The summed E-state index contributed by atoms with van der Waals surface area (Å²) in [5.41, 5.74) is 0.790. The largest absolute Gasteiger partial charge is 0.353 e. The number of hydrogen-bond acceptors (Lipinski definition) is 1. The third-order valence-corrected chi connectivity index (χ3v) is 4.27. The summed E-state index contributed by atoms with van der Waals surface area (Å²) < 4.78 is 0. The van der Waals surface area contributed by atoms with Gasteiger partial charge in [0.1, 0.15) is 0 Å². The third kappa shape index (κ3) is 9.68. The molecule has 4 heteroatoms. The van der Waals surface area contributed by atoms with E-state index in [1.165, 1.54) is 51.0 Å². The van der Waals surface area contributed by atoms with Crippen LogP contribution >= 0.6 is 23.2 Å². The molecule has 1 rings (SSSR count). The Hall–Kier alpha value is -0.990. The lowest BCUT2D eigenvalue weighted by molar-refractivity contribution is -0.116. The molecule has 1 amide bonds. The highest BCUT2D eigenvalue weighted by atomic mass is 35.5. The first-order valence-corrected chi connectivity index (χ1v) is 9.30. The van der Waals surface area contributed by atoms with E-state index in [1.54, 1.807) is 24.3 Å². The molecule has 0 aliphatic heterocycles. The van der Waals surface area contributed by atoms with Crippen molar-refractivity contribution >= 4 is 35.2 Å². The van der Waals surface area contributed by atoms with Gasteiger partial charge in [-0.2, -0.15) is 0 Å². The van der Waals surface area contributed by atoms with Gasteiger partial charge in [0.05, 0.1) is 0 Å². The number of halogens is 2. The molecule has 1 N–H and O–H groups in total. The molecule has 0 fully saturated rings. The Kier molecular flexibility index (Phi) is 10.8. The smallest absolute Gasteiger partial charge is 0.243 e. The molecule has 0 atom stereocenters. The molecule has 2 nitrogen and oxygen atoms in total. The number of hydrogen-bond donors (Lipinski definition) is 1. The molecule has 0 bridgehead atoms. The Morgan fingerprint density at radius 3 is 2.35 bits per heavy atom. The summed E-state index contributed by atoms with van der Waals surface area (Å²) in [7, 11) is 0. The standard InChI is InChI=1S/C19H27Cl2NO/c1-2-3-4-5-6-7-8-9-14-22-19(23)13-11-16-10-12-17(20)15-18(16)21/h10-13,15H,2-9,14H2,1H3,(H,22,23). The number of nitrogens with one attached hydrogen (secondary N) is 1. The summed E-state index contributed by atoms with van der Waals surface area (Å²) in [6.45, 7) is 2.96. The van der Waals surface area contributed by atoms with Crippen molar-refractivity contribution in [1.82, 2.24) is 5.32 Å². The van der Waals surface area contributed by atoms with Crippen LogP contribution in [0.25, 0.3) is 6.08 Å². The topological polar surface area (TPSA) is 29.1 Å². The molecule has 0 saturated heterocycles. The van der Waals surface area contributed by atoms with E-state index < -0.39 is 0 Å². The van der Waals surface area contributed by atoms with Crippen LogP contribution in [0.3, 0.4) is 0 Å². The minimum Gasteiger partial charge on any atom is -0.353 e. The minimum atomic E-state index is -0.0843. The van der Waals surface area contributed by atoms with Gasteiger partial charge in [-0.15, -0.1) is 0 Å². The van der Waals surface area contributed by atoms with Gasteiger partial charge in [-0.1, -0.05) is 81.1 Å². The second-order valence-corrected chi connectivity index (χ2v) is 6.61. The average molecular weight is 356 g/mol. The van der Waals surface area contributed by atoms with Crippen LogP contribution < -0.4 is 5.32 Å². The zero-order chi connectivity index (χ0) is 16.9. The monoisotopic (exact) mass is 355 g/mol. The van der Waals surface area contributed by atoms with Crippen LogP contribution in [0.4, 0.5) is 0 Å². The van der Waals surface area contributed by atoms with E-state index >= 15 is 0 Å². The number of amides is 1. The molecule has 0 saturated carbocycles. The molecule has 0 spiro atoms. The molecule has 0 aromatic heterocycles. The number of carbonyl (C=O) groups is 1. The second kappa shape index (κ2) is 12.4. The Morgan fingerprint density at radius 1 is 1.04 bits per heavy atom. The van der Waals surface area contributed by atoms with Gasteiger partial charge in [-0.3, -0.25) is 4.79 Å². The predicted molar refractivity (Wildman–Crippen MR) is 101 cm³/mol. The van der Waals surface area contributed by atoms with Crippen LogP contribution in [0.15, 0.2) is 24.3 Å². The lowest BCUT2D eigenvalue weighted by atomic mass is 10.1. The first-order chi connectivity index (χ1) is 11.1. The van der Waals surface area contributed by atoms with Crippen molar-refractivity contribution in [2.45, 2.75) is 58.3 Å².